The molecule has 0 bridgehead atoms. The molecule has 0 rings (SSSR count). The summed E-state index contributed by atoms with van der Waals surface area (Å²) in [5.41, 5.74) is 0. The van der Waals surface area contributed by atoms with E-state index in [1.165, 1.54) is 6.42 Å². The Morgan fingerprint density at radius 2 is 1.33 bits per heavy atom. The van der Waals surface area contributed by atoms with Gasteiger partial charge in [0.2, 0.25) is 0 Å². The zero-order chi connectivity index (χ0) is 9.07. The zero-order valence-electron chi connectivity index (χ0n) is 7.74. The van der Waals surface area contributed by atoms with E-state index in [-0.39, 0.29) is 0 Å². The van der Waals surface area contributed by atoms with Crippen LogP contribution in [0.25, 0.3) is 0 Å². The van der Waals surface area contributed by atoms with Gasteiger partial charge in [-0.3, -0.25) is 0 Å². The second-order valence-corrected chi connectivity index (χ2v) is 3.04. The molecular weight excluding hydrogens is 191 g/mol. The molecule has 0 amide bonds. The van der Waals surface area contributed by atoms with Crippen molar-refractivity contribution in [3.8, 4) is 0 Å². The summed E-state index contributed by atoms with van der Waals surface area (Å²) in [6.45, 7) is 2.16. The van der Waals surface area contributed by atoms with Gasteiger partial charge >= 0.3 is 83.4 Å². The van der Waals surface area contributed by atoms with Gasteiger partial charge in [0, 0.05) is 0 Å². The summed E-state index contributed by atoms with van der Waals surface area (Å²) in [6.07, 6.45) is 14.5. The minimum absolute atomic E-state index is 1.04. The first-order valence-electron chi connectivity index (χ1n) is 4.60. The van der Waals surface area contributed by atoms with E-state index >= 15 is 0 Å². The standard InChI is InChI=1S/C11H18.Ni/c1-3-5-7-9-11-10-8-6-4-2;/h1,6-9H,3-5,10-11H2,2H3;/b8-6+,9-7+;. The maximum atomic E-state index is 4.46. The summed E-state index contributed by atoms with van der Waals surface area (Å²) in [4.78, 5) is 1.83. The van der Waals surface area contributed by atoms with Crippen molar-refractivity contribution in [3.05, 3.63) is 24.3 Å². The van der Waals surface area contributed by atoms with Gasteiger partial charge in [0.25, 0.3) is 0 Å². The van der Waals surface area contributed by atoms with Crippen LogP contribution in [0.4, 0.5) is 0 Å². The van der Waals surface area contributed by atoms with Crippen LogP contribution in [-0.2, 0) is 15.0 Å². The van der Waals surface area contributed by atoms with E-state index in [1.807, 2.05) is 4.99 Å². The molecule has 0 radical (unpaired) electrons. The summed E-state index contributed by atoms with van der Waals surface area (Å²) in [5.74, 6) is 0. The molecule has 0 N–H and O–H groups in total. The molecule has 0 heterocycles. The van der Waals surface area contributed by atoms with Gasteiger partial charge in [-0.05, 0) is 0 Å². The average Bonchev–Trinajstić information content (AvgIpc) is 2.10. The van der Waals surface area contributed by atoms with Crippen molar-refractivity contribution in [2.24, 2.45) is 0 Å². The molecule has 0 spiro atoms. The van der Waals surface area contributed by atoms with E-state index in [4.69, 9.17) is 0 Å². The SMILES string of the molecule is CC/C=C/CC/C=C/CC[CH]=[Ni]. The first-order valence-corrected chi connectivity index (χ1v) is 5.17. The third-order valence-electron chi connectivity index (χ3n) is 1.49. The molecular formula is C11H18Ni. The van der Waals surface area contributed by atoms with Crippen molar-refractivity contribution in [3.63, 3.8) is 0 Å². The average molecular weight is 209 g/mol. The maximum absolute atomic E-state index is 4.46. The number of allylic oxidation sites excluding steroid dienone is 4. The van der Waals surface area contributed by atoms with Crippen LogP contribution >= 0.6 is 0 Å². The van der Waals surface area contributed by atoms with Gasteiger partial charge in [-0.25, -0.2) is 0 Å². The zero-order valence-corrected chi connectivity index (χ0v) is 8.73. The van der Waals surface area contributed by atoms with Crippen molar-refractivity contribution in [1.82, 2.24) is 0 Å². The Bertz CT molecular complexity index is 145. The fourth-order valence-electron chi connectivity index (χ4n) is 0.862. The molecule has 0 aliphatic heterocycles. The van der Waals surface area contributed by atoms with Crippen LogP contribution in [0.15, 0.2) is 24.3 Å². The van der Waals surface area contributed by atoms with Gasteiger partial charge < -0.3 is 0 Å². The van der Waals surface area contributed by atoms with E-state index in [0.29, 0.717) is 0 Å². The predicted molar refractivity (Wildman–Crippen MR) is 53.1 cm³/mol. The molecule has 0 nitrogen and oxygen atoms in total. The third kappa shape index (κ3) is 9.84. The normalized spacial score (nSPS) is 11.6. The number of hydrogen-bond acceptors (Lipinski definition) is 0. The van der Waals surface area contributed by atoms with Crippen molar-refractivity contribution < 1.29 is 15.0 Å². The summed E-state index contributed by atoms with van der Waals surface area (Å²) >= 11 is 4.46. The number of hydrogen-bond donors (Lipinski definition) is 0. The molecule has 0 aromatic heterocycles. The Balaban J connectivity index is 3.12. The van der Waals surface area contributed by atoms with Crippen molar-refractivity contribution in [2.75, 3.05) is 0 Å². The van der Waals surface area contributed by atoms with Crippen molar-refractivity contribution in [2.45, 2.75) is 39.0 Å². The Hall–Kier alpha value is -0.156. The minimum atomic E-state index is 1.04. The summed E-state index contributed by atoms with van der Waals surface area (Å²) in [5, 5.41) is 0. The monoisotopic (exact) mass is 208 g/mol. The van der Waals surface area contributed by atoms with Gasteiger partial charge in [-0.15, -0.1) is 0 Å². The Labute approximate surface area is 83.7 Å². The molecule has 0 aromatic rings. The second kappa shape index (κ2) is 10.8. The van der Waals surface area contributed by atoms with Crippen LogP contribution in [0.1, 0.15) is 39.0 Å². The molecule has 0 saturated heterocycles. The quantitative estimate of drug-likeness (QED) is 0.342. The van der Waals surface area contributed by atoms with Crippen LogP contribution in [0.5, 0.6) is 0 Å². The molecule has 0 aromatic carbocycles. The topological polar surface area (TPSA) is 0 Å². The van der Waals surface area contributed by atoms with E-state index in [9.17, 15) is 0 Å². The molecule has 0 unspecified atom stereocenters. The molecule has 12 heavy (non-hydrogen) atoms. The van der Waals surface area contributed by atoms with Crippen LogP contribution in [-0.4, -0.2) is 4.99 Å². The predicted octanol–water partition coefficient (Wildman–Crippen LogP) is 3.42. The molecule has 0 fully saturated rings. The summed E-state index contributed by atoms with van der Waals surface area (Å²) in [6, 6.07) is 0. The molecule has 1 heteroatoms. The molecule has 0 atom stereocenters. The first-order chi connectivity index (χ1) is 5.91. The van der Waals surface area contributed by atoms with Crippen LogP contribution in [0.2, 0.25) is 0 Å². The molecule has 0 aliphatic rings. The van der Waals surface area contributed by atoms with E-state index in [2.05, 4.69) is 46.3 Å². The number of unbranched alkanes of at least 4 members (excludes halogenated alkanes) is 2. The second-order valence-electron chi connectivity index (χ2n) is 2.63. The van der Waals surface area contributed by atoms with Gasteiger partial charge in [0.05, 0.1) is 0 Å². The number of rotatable bonds is 7. The third-order valence-corrected chi connectivity index (χ3v) is 1.78. The van der Waals surface area contributed by atoms with Crippen molar-refractivity contribution in [1.29, 1.82) is 0 Å². The fourth-order valence-corrected chi connectivity index (χ4v) is 1.03. The van der Waals surface area contributed by atoms with E-state index in [1.54, 1.807) is 0 Å². The van der Waals surface area contributed by atoms with E-state index < -0.39 is 0 Å². The van der Waals surface area contributed by atoms with Crippen molar-refractivity contribution >= 4 is 4.99 Å². The van der Waals surface area contributed by atoms with E-state index in [0.717, 1.165) is 25.7 Å². The van der Waals surface area contributed by atoms with Crippen LogP contribution in [0.3, 0.4) is 0 Å². The molecule has 0 saturated carbocycles. The van der Waals surface area contributed by atoms with Crippen LogP contribution in [0, 0.1) is 0 Å². The summed E-state index contributed by atoms with van der Waals surface area (Å²) < 4.78 is 0. The van der Waals surface area contributed by atoms with Gasteiger partial charge in [-0.2, -0.15) is 0 Å². The fraction of sp³-hybridized carbons (Fsp3) is 0.545. The Kier molecular flexibility index (Phi) is 10.7. The Morgan fingerprint density at radius 3 is 1.83 bits per heavy atom. The molecule has 72 valence electrons. The summed E-state index contributed by atoms with van der Waals surface area (Å²) in [7, 11) is 0. The van der Waals surface area contributed by atoms with Gasteiger partial charge in [-0.1, -0.05) is 0 Å². The van der Waals surface area contributed by atoms with Crippen LogP contribution < -0.4 is 0 Å². The Morgan fingerprint density at radius 1 is 0.833 bits per heavy atom. The molecule has 0 aliphatic carbocycles. The first kappa shape index (κ1) is 11.8. The van der Waals surface area contributed by atoms with Gasteiger partial charge in [0.1, 0.15) is 0 Å². The van der Waals surface area contributed by atoms with Gasteiger partial charge in [0.15, 0.2) is 0 Å².